The molecule has 1 aliphatic rings. The summed E-state index contributed by atoms with van der Waals surface area (Å²) in [6.45, 7) is 7.07. The number of carbonyl (C=O) groups is 1. The molecule has 3 heteroatoms. The Morgan fingerprint density at radius 1 is 1.20 bits per heavy atom. The minimum Gasteiger partial charge on any atom is -0.307 e. The monoisotopic (exact) mass is 285 g/mol. The normalized spacial score (nSPS) is 14.2. The van der Waals surface area contributed by atoms with Gasteiger partial charge in [-0.05, 0) is 56.9 Å². The molecule has 1 aromatic heterocycles. The quantitative estimate of drug-likeness (QED) is 0.766. The standard InChI is InChI=1S/C17H19NOS/c1-11-6-7-15-14(9-11)5-4-8-18(15)17(19)16-10-12(2)13(3)20-16/h6-7,9-10H,4-5,8H2,1-3H3. The van der Waals surface area contributed by atoms with Gasteiger partial charge in [-0.3, -0.25) is 4.79 Å². The topological polar surface area (TPSA) is 20.3 Å². The molecule has 1 aromatic carbocycles. The van der Waals surface area contributed by atoms with Gasteiger partial charge in [0.05, 0.1) is 4.88 Å². The summed E-state index contributed by atoms with van der Waals surface area (Å²) >= 11 is 1.60. The smallest absolute Gasteiger partial charge is 0.268 e. The number of rotatable bonds is 1. The highest BCUT2D eigenvalue weighted by Crippen LogP contribution is 2.31. The molecule has 0 radical (unpaired) electrons. The van der Waals surface area contributed by atoms with Gasteiger partial charge in [0.2, 0.25) is 0 Å². The van der Waals surface area contributed by atoms with Gasteiger partial charge in [-0.1, -0.05) is 17.7 Å². The van der Waals surface area contributed by atoms with E-state index in [-0.39, 0.29) is 5.91 Å². The molecule has 0 saturated carbocycles. The maximum atomic E-state index is 12.7. The number of hydrogen-bond donors (Lipinski definition) is 0. The molecule has 0 aliphatic carbocycles. The van der Waals surface area contributed by atoms with Gasteiger partial charge in [0, 0.05) is 17.1 Å². The first-order valence-corrected chi connectivity index (χ1v) is 7.86. The number of anilines is 1. The summed E-state index contributed by atoms with van der Waals surface area (Å²) in [5, 5.41) is 0. The number of carbonyl (C=O) groups excluding carboxylic acids is 1. The number of hydrogen-bond acceptors (Lipinski definition) is 2. The van der Waals surface area contributed by atoms with Crippen LogP contribution in [0.1, 0.15) is 37.7 Å². The minimum absolute atomic E-state index is 0.149. The van der Waals surface area contributed by atoms with E-state index in [4.69, 9.17) is 0 Å². The molecule has 2 heterocycles. The van der Waals surface area contributed by atoms with Crippen LogP contribution >= 0.6 is 11.3 Å². The predicted octanol–water partition coefficient (Wildman–Crippen LogP) is 4.27. The van der Waals surface area contributed by atoms with Crippen LogP contribution in [-0.4, -0.2) is 12.5 Å². The second-order valence-corrected chi connectivity index (χ2v) is 6.80. The Bertz CT molecular complexity index is 652. The van der Waals surface area contributed by atoms with Gasteiger partial charge in [-0.2, -0.15) is 0 Å². The summed E-state index contributed by atoms with van der Waals surface area (Å²) in [6, 6.07) is 8.41. The number of aryl methyl sites for hydroxylation is 4. The molecule has 0 unspecified atom stereocenters. The Hall–Kier alpha value is -1.61. The first kappa shape index (κ1) is 13.4. The van der Waals surface area contributed by atoms with Crippen molar-refractivity contribution in [2.75, 3.05) is 11.4 Å². The maximum Gasteiger partial charge on any atom is 0.268 e. The molecule has 20 heavy (non-hydrogen) atoms. The predicted molar refractivity (Wildman–Crippen MR) is 85.0 cm³/mol. The minimum atomic E-state index is 0.149. The Morgan fingerprint density at radius 3 is 2.70 bits per heavy atom. The number of amides is 1. The molecule has 1 amide bonds. The lowest BCUT2D eigenvalue weighted by Crippen LogP contribution is -2.35. The zero-order valence-electron chi connectivity index (χ0n) is 12.2. The van der Waals surface area contributed by atoms with E-state index in [1.54, 1.807) is 11.3 Å². The highest BCUT2D eigenvalue weighted by atomic mass is 32.1. The van der Waals surface area contributed by atoms with E-state index >= 15 is 0 Å². The lowest BCUT2D eigenvalue weighted by molar-refractivity contribution is 0.0989. The molecule has 2 aromatic rings. The van der Waals surface area contributed by atoms with Crippen molar-refractivity contribution in [3.63, 3.8) is 0 Å². The van der Waals surface area contributed by atoms with Crippen LogP contribution < -0.4 is 4.90 Å². The maximum absolute atomic E-state index is 12.7. The zero-order valence-corrected chi connectivity index (χ0v) is 13.0. The average molecular weight is 285 g/mol. The Labute approximate surface area is 124 Å². The SMILES string of the molecule is Cc1ccc2c(c1)CCCN2C(=O)c1cc(C)c(C)s1. The molecule has 0 N–H and O–H groups in total. The van der Waals surface area contributed by atoms with Crippen LogP contribution in [0.5, 0.6) is 0 Å². The molecule has 0 spiro atoms. The molecule has 104 valence electrons. The summed E-state index contributed by atoms with van der Waals surface area (Å²) in [5.41, 5.74) is 4.87. The van der Waals surface area contributed by atoms with E-state index < -0.39 is 0 Å². The van der Waals surface area contributed by atoms with Crippen molar-refractivity contribution in [3.8, 4) is 0 Å². The van der Waals surface area contributed by atoms with E-state index in [2.05, 4.69) is 39.0 Å². The number of benzene rings is 1. The second kappa shape index (κ2) is 5.06. The number of fused-ring (bicyclic) bond motifs is 1. The van der Waals surface area contributed by atoms with Gasteiger partial charge in [-0.25, -0.2) is 0 Å². The lowest BCUT2D eigenvalue weighted by Gasteiger charge is -2.29. The zero-order chi connectivity index (χ0) is 14.3. The van der Waals surface area contributed by atoms with Crippen molar-refractivity contribution >= 4 is 22.9 Å². The largest absolute Gasteiger partial charge is 0.307 e. The fourth-order valence-electron chi connectivity index (χ4n) is 2.75. The molecule has 0 bridgehead atoms. The molecular formula is C17H19NOS. The van der Waals surface area contributed by atoms with Crippen LogP contribution in [-0.2, 0) is 6.42 Å². The number of nitrogens with zero attached hydrogens (tertiary/aromatic N) is 1. The first-order valence-electron chi connectivity index (χ1n) is 7.04. The van der Waals surface area contributed by atoms with Gasteiger partial charge in [-0.15, -0.1) is 11.3 Å². The van der Waals surface area contributed by atoms with Gasteiger partial charge >= 0.3 is 0 Å². The molecular weight excluding hydrogens is 266 g/mol. The van der Waals surface area contributed by atoms with Crippen LogP contribution in [0, 0.1) is 20.8 Å². The lowest BCUT2D eigenvalue weighted by atomic mass is 9.99. The van der Waals surface area contributed by atoms with Crippen LogP contribution in [0.4, 0.5) is 5.69 Å². The van der Waals surface area contributed by atoms with E-state index in [0.717, 1.165) is 30.0 Å². The van der Waals surface area contributed by atoms with E-state index in [0.29, 0.717) is 0 Å². The Kier molecular flexibility index (Phi) is 3.38. The molecule has 2 nitrogen and oxygen atoms in total. The average Bonchev–Trinajstić information content (AvgIpc) is 2.77. The van der Waals surface area contributed by atoms with Crippen LogP contribution in [0.25, 0.3) is 0 Å². The van der Waals surface area contributed by atoms with Gasteiger partial charge in [0.1, 0.15) is 0 Å². The highest BCUT2D eigenvalue weighted by Gasteiger charge is 2.24. The third-order valence-corrected chi connectivity index (χ3v) is 5.12. The fraction of sp³-hybridized carbons (Fsp3) is 0.353. The fourth-order valence-corrected chi connectivity index (χ4v) is 3.73. The molecule has 3 rings (SSSR count). The summed E-state index contributed by atoms with van der Waals surface area (Å²) in [5.74, 6) is 0.149. The van der Waals surface area contributed by atoms with Crippen molar-refractivity contribution in [3.05, 3.63) is 50.7 Å². The van der Waals surface area contributed by atoms with E-state index in [1.165, 1.54) is 21.6 Å². The summed E-state index contributed by atoms with van der Waals surface area (Å²) in [7, 11) is 0. The van der Waals surface area contributed by atoms with E-state index in [1.807, 2.05) is 11.0 Å². The summed E-state index contributed by atoms with van der Waals surface area (Å²) < 4.78 is 0. The van der Waals surface area contributed by atoms with Crippen molar-refractivity contribution in [1.29, 1.82) is 0 Å². The van der Waals surface area contributed by atoms with Crippen molar-refractivity contribution in [2.45, 2.75) is 33.6 Å². The Balaban J connectivity index is 1.98. The second-order valence-electron chi connectivity index (χ2n) is 5.54. The van der Waals surface area contributed by atoms with Crippen molar-refractivity contribution in [1.82, 2.24) is 0 Å². The highest BCUT2D eigenvalue weighted by molar-refractivity contribution is 7.14. The van der Waals surface area contributed by atoms with E-state index in [9.17, 15) is 4.79 Å². The van der Waals surface area contributed by atoms with Gasteiger partial charge in [0.25, 0.3) is 5.91 Å². The molecule has 1 aliphatic heterocycles. The van der Waals surface area contributed by atoms with Crippen LogP contribution in [0.2, 0.25) is 0 Å². The molecule has 0 atom stereocenters. The third-order valence-electron chi connectivity index (χ3n) is 3.98. The third kappa shape index (κ3) is 2.27. The molecule has 0 fully saturated rings. The number of thiophene rings is 1. The first-order chi connectivity index (χ1) is 9.56. The Morgan fingerprint density at radius 2 is 2.00 bits per heavy atom. The molecule has 0 saturated heterocycles. The summed E-state index contributed by atoms with van der Waals surface area (Å²) in [6.07, 6.45) is 2.12. The van der Waals surface area contributed by atoms with Crippen molar-refractivity contribution in [2.24, 2.45) is 0 Å². The van der Waals surface area contributed by atoms with Crippen LogP contribution in [0.3, 0.4) is 0 Å². The van der Waals surface area contributed by atoms with Gasteiger partial charge in [0.15, 0.2) is 0 Å². The van der Waals surface area contributed by atoms with Crippen molar-refractivity contribution < 1.29 is 4.79 Å². The summed E-state index contributed by atoms with van der Waals surface area (Å²) in [4.78, 5) is 16.8. The van der Waals surface area contributed by atoms with Crippen LogP contribution in [0.15, 0.2) is 24.3 Å². The van der Waals surface area contributed by atoms with Gasteiger partial charge < -0.3 is 4.90 Å².